The third-order valence-electron chi connectivity index (χ3n) is 11.5. The molecule has 246 valence electrons. The first-order valence-electron chi connectivity index (χ1n) is 18.1. The predicted octanol–water partition coefficient (Wildman–Crippen LogP) is 13.2. The van der Waals surface area contributed by atoms with Crippen LogP contribution in [-0.4, -0.2) is 0 Å². The minimum absolute atomic E-state index is 0.492. The molecule has 0 saturated heterocycles. The van der Waals surface area contributed by atoms with Crippen molar-refractivity contribution >= 4 is 31.9 Å². The molecule has 0 aromatic heterocycles. The highest BCUT2D eigenvalue weighted by Crippen LogP contribution is 2.65. The van der Waals surface area contributed by atoms with Crippen LogP contribution in [0.4, 0.5) is 17.1 Å². The van der Waals surface area contributed by atoms with Crippen LogP contribution in [0.5, 0.6) is 11.5 Å². The lowest BCUT2D eigenvalue weighted by atomic mass is 9.68. The number of allylic oxidation sites excluding steroid dienone is 4. The Labute approximate surface area is 306 Å². The lowest BCUT2D eigenvalue weighted by Gasteiger charge is -2.35. The van der Waals surface area contributed by atoms with Crippen molar-refractivity contribution < 1.29 is 4.74 Å². The smallest absolute Gasteiger partial charge is 0.151 e. The molecule has 1 heterocycles. The van der Waals surface area contributed by atoms with E-state index in [2.05, 4.69) is 172 Å². The second-order valence-electron chi connectivity index (χ2n) is 14.2. The SMILES string of the molecule is PC1=CC2=C(CC1)c1ccc(-c3ccccc3)cc1C21c2cc(-c3ccccc3)ccc2-c2ccc(N3c4ccccc4Oc4ccccc43)cc21. The highest BCUT2D eigenvalue weighted by molar-refractivity contribution is 7.22. The van der Waals surface area contributed by atoms with Gasteiger partial charge in [-0.3, -0.25) is 0 Å². The van der Waals surface area contributed by atoms with Gasteiger partial charge in [-0.15, -0.1) is 9.24 Å². The van der Waals surface area contributed by atoms with Crippen LogP contribution in [0.15, 0.2) is 181 Å². The number of para-hydroxylation sites is 4. The fraction of sp³-hybridized carbons (Fsp3) is 0.0612. The zero-order chi connectivity index (χ0) is 34.4. The van der Waals surface area contributed by atoms with Gasteiger partial charge in [0.2, 0.25) is 0 Å². The van der Waals surface area contributed by atoms with Crippen LogP contribution in [0, 0.1) is 0 Å². The number of benzene rings is 7. The van der Waals surface area contributed by atoms with Crippen molar-refractivity contribution in [2.75, 3.05) is 4.90 Å². The highest BCUT2D eigenvalue weighted by atomic mass is 31.0. The third kappa shape index (κ3) is 4.16. The summed E-state index contributed by atoms with van der Waals surface area (Å²) in [6, 6.07) is 60.0. The Morgan fingerprint density at radius 3 is 1.63 bits per heavy atom. The fourth-order valence-electron chi connectivity index (χ4n) is 9.26. The van der Waals surface area contributed by atoms with Gasteiger partial charge in [-0.05, 0) is 128 Å². The molecule has 2 unspecified atom stereocenters. The first-order valence-corrected chi connectivity index (χ1v) is 18.7. The van der Waals surface area contributed by atoms with Gasteiger partial charge in [0.25, 0.3) is 0 Å². The second kappa shape index (κ2) is 11.3. The minimum Gasteiger partial charge on any atom is -0.453 e. The summed E-state index contributed by atoms with van der Waals surface area (Å²) in [6.45, 7) is 0. The molecule has 1 aliphatic heterocycles. The van der Waals surface area contributed by atoms with E-state index in [0.717, 1.165) is 41.4 Å². The van der Waals surface area contributed by atoms with Gasteiger partial charge < -0.3 is 9.64 Å². The maximum absolute atomic E-state index is 6.45. The Hall–Kier alpha value is -5.95. The first kappa shape index (κ1) is 29.7. The third-order valence-corrected chi connectivity index (χ3v) is 12.0. The van der Waals surface area contributed by atoms with E-state index in [1.807, 2.05) is 12.1 Å². The van der Waals surface area contributed by atoms with E-state index >= 15 is 0 Å². The molecule has 2 nitrogen and oxygen atoms in total. The largest absolute Gasteiger partial charge is 0.453 e. The van der Waals surface area contributed by atoms with Crippen LogP contribution in [0.3, 0.4) is 0 Å². The van der Waals surface area contributed by atoms with E-state index in [4.69, 9.17) is 4.74 Å². The van der Waals surface area contributed by atoms with E-state index in [9.17, 15) is 0 Å². The quantitative estimate of drug-likeness (QED) is 0.172. The van der Waals surface area contributed by atoms with Gasteiger partial charge in [-0.2, -0.15) is 0 Å². The number of ether oxygens (including phenoxy) is 1. The molecule has 11 rings (SSSR count). The number of hydrogen-bond acceptors (Lipinski definition) is 2. The Balaban J connectivity index is 1.23. The average molecular weight is 684 g/mol. The molecular formula is C49H34NOP. The van der Waals surface area contributed by atoms with Crippen LogP contribution >= 0.6 is 9.24 Å². The van der Waals surface area contributed by atoms with Gasteiger partial charge in [0.1, 0.15) is 0 Å². The van der Waals surface area contributed by atoms with Gasteiger partial charge >= 0.3 is 0 Å². The second-order valence-corrected chi connectivity index (χ2v) is 15.0. The average Bonchev–Trinajstić information content (AvgIpc) is 3.66. The van der Waals surface area contributed by atoms with E-state index in [0.29, 0.717) is 0 Å². The topological polar surface area (TPSA) is 12.5 Å². The molecule has 3 aliphatic carbocycles. The van der Waals surface area contributed by atoms with Crippen molar-refractivity contribution in [1.82, 2.24) is 0 Å². The molecule has 52 heavy (non-hydrogen) atoms. The van der Waals surface area contributed by atoms with Crippen LogP contribution in [-0.2, 0) is 5.41 Å². The predicted molar refractivity (Wildman–Crippen MR) is 218 cm³/mol. The number of hydrogen-bond donors (Lipinski definition) is 0. The molecule has 0 fully saturated rings. The zero-order valence-electron chi connectivity index (χ0n) is 28.5. The summed E-state index contributed by atoms with van der Waals surface area (Å²) in [6.07, 6.45) is 4.56. The Morgan fingerprint density at radius 2 is 1.00 bits per heavy atom. The molecule has 0 bridgehead atoms. The summed E-state index contributed by atoms with van der Waals surface area (Å²) in [5.41, 5.74) is 18.6. The van der Waals surface area contributed by atoms with Gasteiger partial charge in [0.15, 0.2) is 11.5 Å². The van der Waals surface area contributed by atoms with E-state index in [-0.39, 0.29) is 0 Å². The number of nitrogens with zero attached hydrogens (tertiary/aromatic N) is 1. The summed E-state index contributed by atoms with van der Waals surface area (Å²) >= 11 is 0. The number of anilines is 3. The van der Waals surface area contributed by atoms with Gasteiger partial charge in [-0.1, -0.05) is 127 Å². The molecule has 0 amide bonds. The van der Waals surface area contributed by atoms with Crippen molar-refractivity contribution in [3.05, 3.63) is 203 Å². The zero-order valence-corrected chi connectivity index (χ0v) is 29.7. The normalized spacial score (nSPS) is 17.4. The van der Waals surface area contributed by atoms with Crippen molar-refractivity contribution in [3.8, 4) is 44.9 Å². The number of rotatable bonds is 3. The molecule has 0 saturated carbocycles. The monoisotopic (exact) mass is 683 g/mol. The van der Waals surface area contributed by atoms with E-state index < -0.39 is 5.41 Å². The maximum Gasteiger partial charge on any atom is 0.151 e. The minimum atomic E-state index is -0.492. The summed E-state index contributed by atoms with van der Waals surface area (Å²) < 4.78 is 6.45. The van der Waals surface area contributed by atoms with Crippen LogP contribution in [0.25, 0.3) is 39.0 Å². The Kier molecular flexibility index (Phi) is 6.45. The highest BCUT2D eigenvalue weighted by Gasteiger charge is 2.53. The summed E-state index contributed by atoms with van der Waals surface area (Å²) in [5, 5.41) is 1.36. The van der Waals surface area contributed by atoms with Gasteiger partial charge in [-0.25, -0.2) is 0 Å². The molecule has 2 atom stereocenters. The van der Waals surface area contributed by atoms with Crippen LogP contribution in [0.1, 0.15) is 35.1 Å². The van der Waals surface area contributed by atoms with Crippen molar-refractivity contribution in [2.24, 2.45) is 0 Å². The van der Waals surface area contributed by atoms with Crippen LogP contribution in [0.2, 0.25) is 0 Å². The van der Waals surface area contributed by atoms with Crippen molar-refractivity contribution in [3.63, 3.8) is 0 Å². The van der Waals surface area contributed by atoms with Gasteiger partial charge in [0, 0.05) is 5.69 Å². The maximum atomic E-state index is 6.45. The molecule has 0 N–H and O–H groups in total. The van der Waals surface area contributed by atoms with Crippen LogP contribution < -0.4 is 9.64 Å². The van der Waals surface area contributed by atoms with Crippen molar-refractivity contribution in [1.29, 1.82) is 0 Å². The van der Waals surface area contributed by atoms with Gasteiger partial charge in [0.05, 0.1) is 16.8 Å². The summed E-state index contributed by atoms with van der Waals surface area (Å²) in [4.78, 5) is 2.38. The summed E-state index contributed by atoms with van der Waals surface area (Å²) in [7, 11) is 3.06. The number of fused-ring (bicyclic) bond motifs is 11. The molecule has 0 radical (unpaired) electrons. The molecular weight excluding hydrogens is 650 g/mol. The Morgan fingerprint density at radius 1 is 0.481 bits per heavy atom. The molecule has 3 heteroatoms. The molecule has 7 aromatic rings. The lowest BCUT2D eigenvalue weighted by Crippen LogP contribution is -2.28. The molecule has 7 aromatic carbocycles. The first-order chi connectivity index (χ1) is 25.7. The standard InChI is InChI=1S/C49H34NOP/c52-36-22-26-40-38-24-20-34(32-13-5-2-6-14-32)28-42(38)49(44(40)30-36)41-27-33(31-11-3-1-4-12-31)19-23-37(41)39-25-21-35(29-43(39)49)50-45-15-7-9-17-47(45)51-48-18-10-8-16-46(48)50/h1-21,23-25,27-30H,22,26,52H2. The van der Waals surface area contributed by atoms with E-state index in [1.54, 1.807) is 0 Å². The van der Waals surface area contributed by atoms with Crippen molar-refractivity contribution in [2.45, 2.75) is 18.3 Å². The van der Waals surface area contributed by atoms with E-state index in [1.165, 1.54) is 72.1 Å². The molecule has 1 spiro atoms. The fourth-order valence-corrected chi connectivity index (χ4v) is 9.57. The Bertz CT molecular complexity index is 2630. The summed E-state index contributed by atoms with van der Waals surface area (Å²) in [5.74, 6) is 1.72. The molecule has 4 aliphatic rings. The lowest BCUT2D eigenvalue weighted by molar-refractivity contribution is 0.477.